The average molecular weight is 516 g/mol. The van der Waals surface area contributed by atoms with Crippen molar-refractivity contribution < 1.29 is 28.7 Å². The van der Waals surface area contributed by atoms with Gasteiger partial charge in [-0.3, -0.25) is 14.4 Å². The first-order chi connectivity index (χ1) is 17.9. The number of hydrogen-bond donors (Lipinski definition) is 1. The fourth-order valence-electron chi connectivity index (χ4n) is 4.01. The number of imide groups is 1. The Hall–Kier alpha value is -4.44. The van der Waals surface area contributed by atoms with E-state index in [9.17, 15) is 19.2 Å². The van der Waals surface area contributed by atoms with Crippen LogP contribution in [0.3, 0.4) is 0 Å². The van der Waals surface area contributed by atoms with Crippen LogP contribution >= 0.6 is 11.8 Å². The van der Waals surface area contributed by atoms with Gasteiger partial charge in [-0.05, 0) is 47.9 Å². The molecule has 1 saturated heterocycles. The Kier molecular flexibility index (Phi) is 6.74. The van der Waals surface area contributed by atoms with Gasteiger partial charge in [0.25, 0.3) is 0 Å². The number of nitrogens with one attached hydrogen (secondary N) is 1. The molecule has 1 aliphatic rings. The molecule has 0 radical (unpaired) electrons. The number of thioether (sulfide) groups is 1. The molecule has 1 N–H and O–H groups in total. The van der Waals surface area contributed by atoms with Gasteiger partial charge in [0.2, 0.25) is 11.8 Å². The van der Waals surface area contributed by atoms with Crippen LogP contribution in [0.15, 0.2) is 78.1 Å². The maximum Gasteiger partial charge on any atom is 0.341 e. The monoisotopic (exact) mass is 515 g/mol. The highest BCUT2D eigenvalue weighted by molar-refractivity contribution is 8.00. The summed E-state index contributed by atoms with van der Waals surface area (Å²) in [5.41, 5.74) is 1.75. The number of aromatic nitrogens is 2. The van der Waals surface area contributed by atoms with Gasteiger partial charge in [-0.25, -0.2) is 14.7 Å². The normalized spacial score (nSPS) is 15.3. The molecule has 37 heavy (non-hydrogen) atoms. The van der Waals surface area contributed by atoms with Crippen molar-refractivity contribution in [2.24, 2.45) is 0 Å². The summed E-state index contributed by atoms with van der Waals surface area (Å²) in [4.78, 5) is 59.7. The number of rotatable bonds is 8. The van der Waals surface area contributed by atoms with Gasteiger partial charge in [0, 0.05) is 29.9 Å². The minimum atomic E-state index is -0.758. The molecule has 10 heteroatoms. The Morgan fingerprint density at radius 3 is 2.81 bits per heavy atom. The lowest BCUT2D eigenvalue weighted by Gasteiger charge is -2.15. The van der Waals surface area contributed by atoms with E-state index in [0.29, 0.717) is 17.0 Å². The van der Waals surface area contributed by atoms with E-state index in [1.165, 1.54) is 19.4 Å². The van der Waals surface area contributed by atoms with E-state index >= 15 is 0 Å². The molecule has 0 saturated carbocycles. The molecule has 1 atom stereocenters. The number of ether oxygens (including phenoxy) is 2. The summed E-state index contributed by atoms with van der Waals surface area (Å²) >= 11 is 1.02. The third kappa shape index (κ3) is 4.96. The fraction of sp³-hybridized carbons (Fsp3) is 0.148. The number of fused-ring (bicyclic) bond motifs is 1. The molecule has 9 nitrogen and oxygen atoms in total. The zero-order valence-corrected chi connectivity index (χ0v) is 20.5. The van der Waals surface area contributed by atoms with Gasteiger partial charge < -0.3 is 14.5 Å². The number of methoxy groups -OCH3 is 1. The second kappa shape index (κ2) is 10.3. The van der Waals surface area contributed by atoms with Gasteiger partial charge in [0.05, 0.1) is 23.6 Å². The second-order valence-electron chi connectivity index (χ2n) is 8.21. The minimum Gasteiger partial charge on any atom is -0.497 e. The Labute approximate surface area is 215 Å². The lowest BCUT2D eigenvalue weighted by molar-refractivity contribution is -0.121. The van der Waals surface area contributed by atoms with E-state index in [1.54, 1.807) is 48.7 Å². The minimum absolute atomic E-state index is 0.0361. The Balaban J connectivity index is 1.28. The van der Waals surface area contributed by atoms with Gasteiger partial charge >= 0.3 is 5.97 Å². The fourth-order valence-corrected chi connectivity index (χ4v) is 5.11. The van der Waals surface area contributed by atoms with E-state index in [0.717, 1.165) is 27.6 Å². The SMILES string of the molecule is COc1cccc(C(=O)COC(=O)c2cccnc2SC2CC(=O)N(c3ccc4cc[nH]c4c3)C2=O)c1. The lowest BCUT2D eigenvalue weighted by atomic mass is 10.1. The van der Waals surface area contributed by atoms with Gasteiger partial charge in [-0.2, -0.15) is 0 Å². The molecule has 3 heterocycles. The second-order valence-corrected chi connectivity index (χ2v) is 9.41. The summed E-state index contributed by atoms with van der Waals surface area (Å²) in [7, 11) is 1.49. The molecular weight excluding hydrogens is 494 g/mol. The zero-order valence-electron chi connectivity index (χ0n) is 19.7. The first-order valence-corrected chi connectivity index (χ1v) is 12.2. The highest BCUT2D eigenvalue weighted by atomic mass is 32.2. The molecule has 4 aromatic rings. The zero-order chi connectivity index (χ0) is 25.9. The van der Waals surface area contributed by atoms with Gasteiger partial charge in [0.15, 0.2) is 12.4 Å². The highest BCUT2D eigenvalue weighted by Crippen LogP contribution is 2.35. The van der Waals surface area contributed by atoms with Crippen LogP contribution in [0.2, 0.25) is 0 Å². The number of esters is 1. The standard InChI is InChI=1S/C27H21N3O6S/c1-35-19-5-2-4-17(12-19)22(31)15-36-27(34)20-6-3-10-29-25(20)37-23-14-24(32)30(26(23)33)18-8-7-16-9-11-28-21(16)13-18/h2-13,23,28H,14-15H2,1H3. The van der Waals surface area contributed by atoms with Crippen LogP contribution < -0.4 is 9.64 Å². The molecule has 5 rings (SSSR count). The molecular formula is C27H21N3O6S. The van der Waals surface area contributed by atoms with Crippen LogP contribution in [0.1, 0.15) is 27.1 Å². The molecule has 1 fully saturated rings. The lowest BCUT2D eigenvalue weighted by Crippen LogP contribution is -2.31. The van der Waals surface area contributed by atoms with Crippen molar-refractivity contribution in [3.05, 3.63) is 84.2 Å². The predicted octanol–water partition coefficient (Wildman–Crippen LogP) is 4.04. The summed E-state index contributed by atoms with van der Waals surface area (Å²) in [6.45, 7) is -0.471. The van der Waals surface area contributed by atoms with Crippen LogP contribution in [0.4, 0.5) is 5.69 Å². The van der Waals surface area contributed by atoms with E-state index in [-0.39, 0.29) is 28.8 Å². The summed E-state index contributed by atoms with van der Waals surface area (Å²) < 4.78 is 10.4. The van der Waals surface area contributed by atoms with E-state index in [1.807, 2.05) is 12.1 Å². The van der Waals surface area contributed by atoms with Crippen molar-refractivity contribution in [3.8, 4) is 5.75 Å². The van der Waals surface area contributed by atoms with E-state index < -0.39 is 23.6 Å². The summed E-state index contributed by atoms with van der Waals surface area (Å²) in [6, 6.07) is 16.8. The van der Waals surface area contributed by atoms with Gasteiger partial charge in [0.1, 0.15) is 10.8 Å². The first-order valence-electron chi connectivity index (χ1n) is 11.3. The summed E-state index contributed by atoms with van der Waals surface area (Å²) in [5, 5.41) is 0.455. The van der Waals surface area contributed by atoms with Crippen molar-refractivity contribution in [2.45, 2.75) is 16.7 Å². The number of aromatic amines is 1. The van der Waals surface area contributed by atoms with Crippen molar-refractivity contribution in [3.63, 3.8) is 0 Å². The highest BCUT2D eigenvalue weighted by Gasteiger charge is 2.41. The van der Waals surface area contributed by atoms with E-state index in [2.05, 4.69) is 9.97 Å². The van der Waals surface area contributed by atoms with Crippen LogP contribution in [0, 0.1) is 0 Å². The van der Waals surface area contributed by atoms with Crippen LogP contribution in [-0.4, -0.2) is 52.5 Å². The predicted molar refractivity (Wildman–Crippen MR) is 137 cm³/mol. The van der Waals surface area contributed by atoms with Crippen molar-refractivity contribution in [2.75, 3.05) is 18.6 Å². The largest absolute Gasteiger partial charge is 0.497 e. The van der Waals surface area contributed by atoms with Crippen LogP contribution in [0.5, 0.6) is 5.75 Å². The smallest absolute Gasteiger partial charge is 0.341 e. The Morgan fingerprint density at radius 1 is 1.11 bits per heavy atom. The first kappa shape index (κ1) is 24.3. The number of anilines is 1. The summed E-state index contributed by atoms with van der Waals surface area (Å²) in [5.74, 6) is -1.36. The number of carbonyl (C=O) groups excluding carboxylic acids is 4. The molecule has 2 aromatic heterocycles. The number of hydrogen-bond acceptors (Lipinski definition) is 8. The molecule has 0 bridgehead atoms. The van der Waals surface area contributed by atoms with Crippen LogP contribution in [-0.2, 0) is 14.3 Å². The number of H-pyrrole nitrogens is 1. The maximum absolute atomic E-state index is 13.2. The van der Waals surface area contributed by atoms with Crippen molar-refractivity contribution in [1.82, 2.24) is 9.97 Å². The van der Waals surface area contributed by atoms with Gasteiger partial charge in [-0.1, -0.05) is 30.0 Å². The number of pyridine rings is 1. The number of amides is 2. The average Bonchev–Trinajstić information content (AvgIpc) is 3.50. The van der Waals surface area contributed by atoms with Crippen molar-refractivity contribution >= 4 is 51.9 Å². The number of Topliss-reactive ketones (excluding diaryl/α,β-unsaturated/α-hetero) is 1. The third-order valence-electron chi connectivity index (χ3n) is 5.87. The number of carbonyl (C=O) groups is 4. The molecule has 0 aliphatic carbocycles. The maximum atomic E-state index is 13.2. The number of nitrogens with zero attached hydrogens (tertiary/aromatic N) is 2. The molecule has 186 valence electrons. The number of ketones is 1. The van der Waals surface area contributed by atoms with Crippen molar-refractivity contribution in [1.29, 1.82) is 0 Å². The molecule has 2 amide bonds. The molecule has 1 aliphatic heterocycles. The topological polar surface area (TPSA) is 119 Å². The molecule has 1 unspecified atom stereocenters. The Bertz CT molecular complexity index is 1530. The van der Waals surface area contributed by atoms with Crippen LogP contribution in [0.25, 0.3) is 10.9 Å². The van der Waals surface area contributed by atoms with E-state index in [4.69, 9.17) is 9.47 Å². The van der Waals surface area contributed by atoms with Gasteiger partial charge in [-0.15, -0.1) is 0 Å². The summed E-state index contributed by atoms with van der Waals surface area (Å²) in [6.07, 6.45) is 3.23. The number of benzene rings is 2. The molecule has 2 aromatic carbocycles. The molecule has 0 spiro atoms. The Morgan fingerprint density at radius 2 is 1.97 bits per heavy atom. The third-order valence-corrected chi connectivity index (χ3v) is 7.07. The quantitative estimate of drug-likeness (QED) is 0.212.